The van der Waals surface area contributed by atoms with Gasteiger partial charge in [0, 0.05) is 18.9 Å². The van der Waals surface area contributed by atoms with Gasteiger partial charge in [-0.1, -0.05) is 20.4 Å². The second kappa shape index (κ2) is 5.38. The van der Waals surface area contributed by atoms with Crippen molar-refractivity contribution in [2.75, 3.05) is 7.11 Å². The lowest BCUT2D eigenvalue weighted by molar-refractivity contribution is -0.524. The number of fused-ring (bicyclic) bond motifs is 2. The number of hydrogen-bond acceptors (Lipinski definition) is 7. The molecule has 0 radical (unpaired) electrons. The highest BCUT2D eigenvalue weighted by Gasteiger charge is 2.88. The lowest BCUT2D eigenvalue weighted by Crippen LogP contribution is -2.88. The Morgan fingerprint density at radius 1 is 1.07 bits per heavy atom. The van der Waals surface area contributed by atoms with Gasteiger partial charge in [0.15, 0.2) is 6.29 Å². The fourth-order valence-corrected chi connectivity index (χ4v) is 8.44. The van der Waals surface area contributed by atoms with E-state index in [0.29, 0.717) is 31.3 Å². The Morgan fingerprint density at radius 2 is 1.75 bits per heavy atom. The van der Waals surface area contributed by atoms with Gasteiger partial charge in [0.05, 0.1) is 29.1 Å². The highest BCUT2D eigenvalue weighted by atomic mass is 16.8. The van der Waals surface area contributed by atoms with Gasteiger partial charge in [0.2, 0.25) is 5.79 Å². The molecule has 2 aliphatic heterocycles. The SMILES string of the molecule is C=C1[C@@H](O)[C@@]23[C@@H](O)[C@H]1CC[C@H]2[C@]12[C@H](OC)O[C@]3(O)[C@@H](O)[C@@H]1C(C)(C)CC[C@@H]2O. The molecule has 2 saturated heterocycles. The molecular weight excluding hydrogens is 364 g/mol. The Bertz CT molecular complexity index is 724. The first-order valence-corrected chi connectivity index (χ1v) is 10.4. The topological polar surface area (TPSA) is 120 Å². The summed E-state index contributed by atoms with van der Waals surface area (Å²) in [6.45, 7) is 8.05. The normalized spacial score (nSPS) is 61.8. The third-order valence-corrected chi connectivity index (χ3v) is 9.36. The number of aliphatic hydroxyl groups is 5. The Morgan fingerprint density at radius 3 is 2.39 bits per heavy atom. The molecule has 4 saturated carbocycles. The molecule has 6 fully saturated rings. The van der Waals surface area contributed by atoms with Crippen LogP contribution in [-0.2, 0) is 9.47 Å². The van der Waals surface area contributed by atoms with Gasteiger partial charge in [-0.2, -0.15) is 0 Å². The standard InChI is InChI=1S/C21H32O7/c1-9-10-5-6-11-19-12(22)7-8-18(2,3)13(19)16(25)21(26,28-17(19)27-4)20(11,14(9)23)15(10)24/h10-17,22-26H,1,5-8H2,2-4H3/t10-,11-,12-,13+,14+,15-,16-,17+,19+,20+,21+/m0/s1. The van der Waals surface area contributed by atoms with Crippen LogP contribution in [0.5, 0.6) is 0 Å². The zero-order chi connectivity index (χ0) is 20.4. The summed E-state index contributed by atoms with van der Waals surface area (Å²) in [6.07, 6.45) is -3.14. The number of hydrogen-bond donors (Lipinski definition) is 5. The van der Waals surface area contributed by atoms with Gasteiger partial charge in [-0.05, 0) is 42.6 Å². The molecule has 28 heavy (non-hydrogen) atoms. The zero-order valence-electron chi connectivity index (χ0n) is 16.7. The lowest BCUT2D eigenvalue weighted by Gasteiger charge is -2.77. The van der Waals surface area contributed by atoms with Crippen molar-refractivity contribution in [3.8, 4) is 0 Å². The maximum atomic E-state index is 11.9. The zero-order valence-corrected chi connectivity index (χ0v) is 16.7. The predicted molar refractivity (Wildman–Crippen MR) is 97.6 cm³/mol. The summed E-state index contributed by atoms with van der Waals surface area (Å²) in [5, 5.41) is 57.3. The van der Waals surface area contributed by atoms with Crippen molar-refractivity contribution in [1.29, 1.82) is 0 Å². The van der Waals surface area contributed by atoms with E-state index in [0.717, 1.165) is 0 Å². The van der Waals surface area contributed by atoms with E-state index in [2.05, 4.69) is 6.58 Å². The van der Waals surface area contributed by atoms with Crippen LogP contribution in [-0.4, -0.2) is 69.1 Å². The predicted octanol–water partition coefficient (Wildman–Crippen LogP) is 0.140. The first-order valence-electron chi connectivity index (χ1n) is 10.4. The summed E-state index contributed by atoms with van der Waals surface area (Å²) >= 11 is 0. The second-order valence-corrected chi connectivity index (χ2v) is 10.4. The Hall–Kier alpha value is -0.540. The van der Waals surface area contributed by atoms with Crippen LogP contribution in [0.2, 0.25) is 0 Å². The third kappa shape index (κ3) is 1.64. The molecule has 2 spiro atoms. The molecule has 4 bridgehead atoms. The van der Waals surface area contributed by atoms with Crippen molar-refractivity contribution >= 4 is 0 Å². The molecule has 4 aliphatic carbocycles. The van der Waals surface area contributed by atoms with E-state index in [9.17, 15) is 25.5 Å². The van der Waals surface area contributed by atoms with E-state index >= 15 is 0 Å². The van der Waals surface area contributed by atoms with Gasteiger partial charge in [0.25, 0.3) is 0 Å². The van der Waals surface area contributed by atoms with Crippen molar-refractivity contribution < 1.29 is 35.0 Å². The van der Waals surface area contributed by atoms with E-state index in [4.69, 9.17) is 9.47 Å². The largest absolute Gasteiger partial charge is 0.392 e. The molecule has 2 heterocycles. The molecule has 158 valence electrons. The van der Waals surface area contributed by atoms with Crippen LogP contribution in [0.4, 0.5) is 0 Å². The molecule has 0 aromatic carbocycles. The maximum absolute atomic E-state index is 11.9. The Balaban J connectivity index is 1.83. The summed E-state index contributed by atoms with van der Waals surface area (Å²) in [6, 6.07) is 0. The Labute approximate surface area is 165 Å². The van der Waals surface area contributed by atoms with E-state index in [1.54, 1.807) is 0 Å². The second-order valence-electron chi connectivity index (χ2n) is 10.4. The van der Waals surface area contributed by atoms with E-state index in [1.165, 1.54) is 7.11 Å². The van der Waals surface area contributed by atoms with Gasteiger partial charge < -0.3 is 35.0 Å². The Kier molecular flexibility index (Phi) is 3.73. The highest BCUT2D eigenvalue weighted by Crippen LogP contribution is 2.78. The van der Waals surface area contributed by atoms with Crippen molar-refractivity contribution in [2.45, 2.75) is 76.0 Å². The molecule has 0 amide bonds. The summed E-state index contributed by atoms with van der Waals surface area (Å²) in [4.78, 5) is 0. The molecule has 0 unspecified atom stereocenters. The van der Waals surface area contributed by atoms with Crippen LogP contribution in [0, 0.1) is 34.0 Å². The first kappa shape index (κ1) is 19.4. The number of rotatable bonds is 1. The quantitative estimate of drug-likeness (QED) is 0.400. The van der Waals surface area contributed by atoms with Crippen LogP contribution >= 0.6 is 0 Å². The fourth-order valence-electron chi connectivity index (χ4n) is 8.44. The average Bonchev–Trinajstić information content (AvgIpc) is 2.75. The van der Waals surface area contributed by atoms with Crippen molar-refractivity contribution in [3.63, 3.8) is 0 Å². The van der Waals surface area contributed by atoms with Gasteiger partial charge in [-0.15, -0.1) is 0 Å². The first-order chi connectivity index (χ1) is 13.0. The highest BCUT2D eigenvalue weighted by molar-refractivity contribution is 5.38. The molecule has 6 aliphatic rings. The van der Waals surface area contributed by atoms with E-state index < -0.39 is 64.6 Å². The van der Waals surface area contributed by atoms with Crippen LogP contribution in [0.15, 0.2) is 12.2 Å². The van der Waals surface area contributed by atoms with Gasteiger partial charge >= 0.3 is 0 Å². The minimum Gasteiger partial charge on any atom is -0.392 e. The molecule has 6 rings (SSSR count). The molecule has 0 aromatic rings. The molecule has 5 N–H and O–H groups in total. The minimum atomic E-state index is -2.20. The van der Waals surface area contributed by atoms with Gasteiger partial charge in [0.1, 0.15) is 6.10 Å². The smallest absolute Gasteiger partial charge is 0.206 e. The summed E-state index contributed by atoms with van der Waals surface area (Å²) in [5.74, 6) is -3.55. The van der Waals surface area contributed by atoms with Crippen molar-refractivity contribution in [2.24, 2.45) is 34.0 Å². The van der Waals surface area contributed by atoms with E-state index in [-0.39, 0.29) is 5.92 Å². The minimum absolute atomic E-state index is 0.366. The molecule has 11 atom stereocenters. The lowest BCUT2D eigenvalue weighted by atomic mass is 9.35. The monoisotopic (exact) mass is 396 g/mol. The van der Waals surface area contributed by atoms with Crippen LogP contribution in [0.25, 0.3) is 0 Å². The van der Waals surface area contributed by atoms with Crippen LogP contribution in [0.3, 0.4) is 0 Å². The van der Waals surface area contributed by atoms with Crippen LogP contribution in [0.1, 0.15) is 39.5 Å². The third-order valence-electron chi connectivity index (χ3n) is 9.36. The average molecular weight is 396 g/mol. The number of ether oxygens (including phenoxy) is 2. The van der Waals surface area contributed by atoms with Crippen molar-refractivity contribution in [3.05, 3.63) is 12.2 Å². The number of methoxy groups -OCH3 is 1. The van der Waals surface area contributed by atoms with Crippen LogP contribution < -0.4 is 0 Å². The molecule has 7 heteroatoms. The summed E-state index contributed by atoms with van der Waals surface area (Å²) < 4.78 is 11.7. The summed E-state index contributed by atoms with van der Waals surface area (Å²) in [7, 11) is 1.47. The summed E-state index contributed by atoms with van der Waals surface area (Å²) in [5.41, 5.74) is -2.50. The van der Waals surface area contributed by atoms with Crippen molar-refractivity contribution in [1.82, 2.24) is 0 Å². The maximum Gasteiger partial charge on any atom is 0.206 e. The number of aliphatic hydroxyl groups excluding tert-OH is 4. The van der Waals surface area contributed by atoms with Gasteiger partial charge in [-0.3, -0.25) is 0 Å². The molecular formula is C21H32O7. The fraction of sp³-hybridized carbons (Fsp3) is 0.905. The van der Waals surface area contributed by atoms with E-state index in [1.807, 2.05) is 13.8 Å². The molecule has 7 nitrogen and oxygen atoms in total. The molecule has 0 aromatic heterocycles. The van der Waals surface area contributed by atoms with Gasteiger partial charge in [-0.25, -0.2) is 0 Å².